The van der Waals surface area contributed by atoms with Gasteiger partial charge in [-0.1, -0.05) is 0 Å². The fraction of sp³-hybridized carbons (Fsp3) is 0.214. The third-order valence-corrected chi connectivity index (χ3v) is 3.42. The zero-order valence-electron chi connectivity index (χ0n) is 12.1. The van der Waals surface area contributed by atoms with E-state index in [2.05, 4.69) is 15.0 Å². The van der Waals surface area contributed by atoms with Crippen molar-refractivity contribution in [2.75, 3.05) is 19.1 Å². The van der Waals surface area contributed by atoms with Crippen LogP contribution < -0.4 is 5.01 Å². The summed E-state index contributed by atoms with van der Waals surface area (Å²) in [4.78, 5) is 11.6. The summed E-state index contributed by atoms with van der Waals surface area (Å²) in [5.74, 6) is -0.599. The molecule has 22 heavy (non-hydrogen) atoms. The van der Waals surface area contributed by atoms with Crippen LogP contribution in [0.2, 0.25) is 5.28 Å². The van der Waals surface area contributed by atoms with Gasteiger partial charge in [0.15, 0.2) is 11.6 Å². The van der Waals surface area contributed by atoms with E-state index in [1.165, 1.54) is 6.07 Å². The highest BCUT2D eigenvalue weighted by Crippen LogP contribution is 2.28. The lowest BCUT2D eigenvalue weighted by molar-refractivity contribution is 0.616. The van der Waals surface area contributed by atoms with Crippen LogP contribution in [0.5, 0.6) is 0 Å². The number of benzene rings is 1. The molecule has 3 aromatic rings. The monoisotopic (exact) mass is 323 g/mol. The zero-order valence-corrected chi connectivity index (χ0v) is 12.9. The van der Waals surface area contributed by atoms with Crippen LogP contribution in [0.25, 0.3) is 22.3 Å². The lowest BCUT2D eigenvalue weighted by atomic mass is 10.1. The third kappa shape index (κ3) is 2.27. The maximum Gasteiger partial charge on any atom is 0.223 e. The van der Waals surface area contributed by atoms with Crippen LogP contribution in [-0.4, -0.2) is 33.7 Å². The van der Waals surface area contributed by atoms with Crippen LogP contribution in [-0.2, 0) is 0 Å². The molecule has 0 radical (unpaired) electrons. The second-order valence-corrected chi connectivity index (χ2v) is 5.32. The minimum atomic E-state index is -0.671. The number of hydrogen-bond donors (Lipinski definition) is 0. The molecule has 2 aromatic heterocycles. The van der Waals surface area contributed by atoms with E-state index in [0.29, 0.717) is 11.3 Å². The smallest absolute Gasteiger partial charge is 0.223 e. The fourth-order valence-electron chi connectivity index (χ4n) is 2.43. The van der Waals surface area contributed by atoms with Gasteiger partial charge in [-0.3, -0.25) is 0 Å². The molecule has 5 nitrogen and oxygen atoms in total. The number of aromatic nitrogens is 4. The summed E-state index contributed by atoms with van der Waals surface area (Å²) in [5, 5.41) is 1.66. The molecule has 0 saturated carbocycles. The Labute approximate surface area is 130 Å². The van der Waals surface area contributed by atoms with Crippen LogP contribution in [0, 0.1) is 18.6 Å². The lowest BCUT2D eigenvalue weighted by Gasteiger charge is -2.17. The van der Waals surface area contributed by atoms with Gasteiger partial charge in [-0.05, 0) is 30.7 Å². The highest BCUT2D eigenvalue weighted by Gasteiger charge is 2.17. The Bertz CT molecular complexity index is 875. The molecule has 0 aliphatic carbocycles. The number of imidazole rings is 1. The molecule has 0 aliphatic rings. The second kappa shape index (κ2) is 5.17. The number of hydrogen-bond acceptors (Lipinski definition) is 4. The molecule has 3 rings (SSSR count). The summed E-state index contributed by atoms with van der Waals surface area (Å²) in [7, 11) is 3.61. The van der Waals surface area contributed by atoms with Crippen LogP contribution in [0.1, 0.15) is 5.82 Å². The van der Waals surface area contributed by atoms with Gasteiger partial charge in [0.25, 0.3) is 0 Å². The minimum Gasteiger partial charge on any atom is -0.317 e. The minimum absolute atomic E-state index is 0.0510. The molecule has 1 aromatic carbocycles. The van der Waals surface area contributed by atoms with Gasteiger partial charge in [-0.25, -0.2) is 28.4 Å². The molecule has 0 N–H and O–H groups in total. The largest absolute Gasteiger partial charge is 0.317 e. The molecular formula is C14H12ClF2N5. The van der Waals surface area contributed by atoms with Crippen molar-refractivity contribution in [3.63, 3.8) is 0 Å². The maximum absolute atomic E-state index is 14.3. The van der Waals surface area contributed by atoms with Gasteiger partial charge in [-0.15, -0.1) is 0 Å². The molecule has 114 valence electrons. The highest BCUT2D eigenvalue weighted by molar-refractivity contribution is 6.28. The first kappa shape index (κ1) is 14.6. The van der Waals surface area contributed by atoms with E-state index < -0.39 is 11.6 Å². The topological polar surface area (TPSA) is 46.8 Å². The van der Waals surface area contributed by atoms with E-state index in [4.69, 9.17) is 11.6 Å². The van der Waals surface area contributed by atoms with E-state index in [0.717, 1.165) is 6.20 Å². The van der Waals surface area contributed by atoms with Crippen molar-refractivity contribution in [2.24, 2.45) is 0 Å². The van der Waals surface area contributed by atoms with Crippen molar-refractivity contribution in [3.8, 4) is 11.3 Å². The van der Waals surface area contributed by atoms with Gasteiger partial charge < -0.3 is 5.01 Å². The van der Waals surface area contributed by atoms with Gasteiger partial charge in [0.2, 0.25) is 5.28 Å². The summed E-state index contributed by atoms with van der Waals surface area (Å²) < 4.78 is 30.0. The summed E-state index contributed by atoms with van der Waals surface area (Å²) in [6.07, 6.45) is 0.960. The summed E-state index contributed by atoms with van der Waals surface area (Å²) >= 11 is 5.70. The molecule has 0 spiro atoms. The molecule has 2 heterocycles. The SMILES string of the molecule is Cc1nc2c(F)cc(-c3nc(Cl)ncc3F)cc2n1N(C)C. The standard InChI is InChI=1S/C14H12ClF2N5/c1-7-19-13-9(16)4-8(5-11(13)22(7)21(2)3)12-10(17)6-18-14(15)20-12/h4-6H,1-3H3. The van der Waals surface area contributed by atoms with Crippen molar-refractivity contribution < 1.29 is 8.78 Å². The third-order valence-electron chi connectivity index (χ3n) is 3.24. The quantitative estimate of drug-likeness (QED) is 0.680. The van der Waals surface area contributed by atoms with Gasteiger partial charge in [-0.2, -0.15) is 0 Å². The normalized spacial score (nSPS) is 11.2. The van der Waals surface area contributed by atoms with E-state index >= 15 is 0 Å². The second-order valence-electron chi connectivity index (χ2n) is 4.98. The van der Waals surface area contributed by atoms with E-state index in [9.17, 15) is 8.78 Å². The Balaban J connectivity index is 2.32. The van der Waals surface area contributed by atoms with E-state index in [-0.39, 0.29) is 22.1 Å². The van der Waals surface area contributed by atoms with Crippen molar-refractivity contribution in [2.45, 2.75) is 6.92 Å². The molecular weight excluding hydrogens is 312 g/mol. The highest BCUT2D eigenvalue weighted by atomic mass is 35.5. The maximum atomic E-state index is 14.3. The average Bonchev–Trinajstić information content (AvgIpc) is 2.78. The summed E-state index contributed by atoms with van der Waals surface area (Å²) in [6, 6.07) is 2.82. The Morgan fingerprint density at radius 2 is 1.86 bits per heavy atom. The van der Waals surface area contributed by atoms with Gasteiger partial charge >= 0.3 is 0 Å². The Morgan fingerprint density at radius 3 is 2.55 bits per heavy atom. The molecule has 0 atom stereocenters. The lowest BCUT2D eigenvalue weighted by Crippen LogP contribution is -2.25. The van der Waals surface area contributed by atoms with Crippen molar-refractivity contribution in [1.82, 2.24) is 19.6 Å². The Morgan fingerprint density at radius 1 is 1.14 bits per heavy atom. The molecule has 0 aliphatic heterocycles. The van der Waals surface area contributed by atoms with Gasteiger partial charge in [0, 0.05) is 19.7 Å². The number of halogens is 3. The number of aryl methyl sites for hydroxylation is 1. The number of nitrogens with zero attached hydrogens (tertiary/aromatic N) is 5. The number of rotatable bonds is 2. The van der Waals surface area contributed by atoms with Gasteiger partial charge in [0.05, 0.1) is 11.7 Å². The average molecular weight is 324 g/mol. The first-order chi connectivity index (χ1) is 10.4. The summed E-state index contributed by atoms with van der Waals surface area (Å²) in [6.45, 7) is 1.77. The first-order valence-electron chi connectivity index (χ1n) is 6.43. The molecule has 0 saturated heterocycles. The molecule has 0 amide bonds. The molecule has 0 unspecified atom stereocenters. The number of fused-ring (bicyclic) bond motifs is 1. The summed E-state index contributed by atoms with van der Waals surface area (Å²) in [5.41, 5.74) is 0.960. The zero-order chi connectivity index (χ0) is 16.0. The molecule has 0 bridgehead atoms. The first-order valence-corrected chi connectivity index (χ1v) is 6.81. The van der Waals surface area contributed by atoms with E-state index in [1.807, 2.05) is 0 Å². The predicted octanol–water partition coefficient (Wildman–Crippen LogP) is 2.93. The van der Waals surface area contributed by atoms with Crippen molar-refractivity contribution in [1.29, 1.82) is 0 Å². The molecule has 8 heteroatoms. The van der Waals surface area contributed by atoms with Gasteiger partial charge in [0.1, 0.15) is 17.0 Å². The van der Waals surface area contributed by atoms with Crippen LogP contribution in [0.15, 0.2) is 18.3 Å². The predicted molar refractivity (Wildman–Crippen MR) is 80.5 cm³/mol. The van der Waals surface area contributed by atoms with Crippen LogP contribution in [0.3, 0.4) is 0 Å². The van der Waals surface area contributed by atoms with E-state index in [1.54, 1.807) is 36.8 Å². The van der Waals surface area contributed by atoms with Crippen LogP contribution >= 0.6 is 11.6 Å². The van der Waals surface area contributed by atoms with Crippen molar-refractivity contribution >= 4 is 22.6 Å². The fourth-order valence-corrected chi connectivity index (χ4v) is 2.56. The Kier molecular flexibility index (Phi) is 3.44. The molecule has 0 fully saturated rings. The van der Waals surface area contributed by atoms with Crippen LogP contribution in [0.4, 0.5) is 8.78 Å². The Hall–Kier alpha value is -2.28. The van der Waals surface area contributed by atoms with Crippen molar-refractivity contribution in [3.05, 3.63) is 41.1 Å².